The van der Waals surface area contributed by atoms with Crippen molar-refractivity contribution in [3.63, 3.8) is 0 Å². The predicted octanol–water partition coefficient (Wildman–Crippen LogP) is 5.42. The molecule has 0 radical (unpaired) electrons. The van der Waals surface area contributed by atoms with E-state index in [2.05, 4.69) is 60.5 Å². The van der Waals surface area contributed by atoms with E-state index in [4.69, 9.17) is 0 Å². The number of piperidine rings is 1. The van der Waals surface area contributed by atoms with Crippen LogP contribution in [-0.2, 0) is 10.5 Å². The van der Waals surface area contributed by atoms with Gasteiger partial charge in [-0.1, -0.05) is 49.4 Å². The highest BCUT2D eigenvalue weighted by Gasteiger charge is 2.18. The third-order valence-electron chi connectivity index (χ3n) is 5.61. The molecule has 4 heteroatoms. The van der Waals surface area contributed by atoms with Crippen molar-refractivity contribution in [3.05, 3.63) is 65.7 Å². The Bertz CT molecular complexity index is 739. The van der Waals surface area contributed by atoms with Gasteiger partial charge in [0.25, 0.3) is 0 Å². The van der Waals surface area contributed by atoms with E-state index in [1.165, 1.54) is 24.1 Å². The number of thioether (sulfide) groups is 1. The number of amides is 1. The Balaban J connectivity index is 1.49. The highest BCUT2D eigenvalue weighted by molar-refractivity contribution is 7.99. The van der Waals surface area contributed by atoms with Crippen molar-refractivity contribution in [2.45, 2.75) is 50.7 Å². The molecule has 0 unspecified atom stereocenters. The molecule has 1 fully saturated rings. The largest absolute Gasteiger partial charge is 0.372 e. The summed E-state index contributed by atoms with van der Waals surface area (Å²) >= 11 is 1.68. The van der Waals surface area contributed by atoms with E-state index in [1.807, 2.05) is 25.1 Å². The molecule has 0 aromatic heterocycles. The summed E-state index contributed by atoms with van der Waals surface area (Å²) in [4.78, 5) is 15.0. The maximum atomic E-state index is 12.6. The zero-order valence-electron chi connectivity index (χ0n) is 17.2. The van der Waals surface area contributed by atoms with E-state index < -0.39 is 0 Å². The fourth-order valence-electron chi connectivity index (χ4n) is 3.53. The van der Waals surface area contributed by atoms with Crippen LogP contribution in [0.2, 0.25) is 0 Å². The zero-order chi connectivity index (χ0) is 19.9. The Hall–Kier alpha value is -1.94. The third-order valence-corrected chi connectivity index (χ3v) is 6.83. The van der Waals surface area contributed by atoms with Gasteiger partial charge in [0, 0.05) is 24.5 Å². The van der Waals surface area contributed by atoms with Gasteiger partial charge in [-0.3, -0.25) is 4.79 Å². The van der Waals surface area contributed by atoms with E-state index in [0.29, 0.717) is 0 Å². The van der Waals surface area contributed by atoms with Crippen molar-refractivity contribution in [1.82, 2.24) is 5.32 Å². The van der Waals surface area contributed by atoms with Crippen LogP contribution in [0.4, 0.5) is 5.69 Å². The number of hydrogen-bond acceptors (Lipinski definition) is 3. The van der Waals surface area contributed by atoms with Crippen LogP contribution in [0.3, 0.4) is 0 Å². The van der Waals surface area contributed by atoms with Gasteiger partial charge < -0.3 is 10.2 Å². The minimum Gasteiger partial charge on any atom is -0.372 e. The number of nitrogens with zero attached hydrogens (tertiary/aromatic N) is 1. The van der Waals surface area contributed by atoms with E-state index in [-0.39, 0.29) is 17.2 Å². The van der Waals surface area contributed by atoms with Gasteiger partial charge in [-0.15, -0.1) is 11.8 Å². The Morgan fingerprint density at radius 1 is 1.07 bits per heavy atom. The first-order valence-corrected chi connectivity index (χ1v) is 11.4. The first-order chi connectivity index (χ1) is 13.5. The molecular formula is C24H32N2OS. The molecule has 3 nitrogen and oxygen atoms in total. The van der Waals surface area contributed by atoms with Gasteiger partial charge in [-0.25, -0.2) is 0 Å². The number of hydrogen-bond donors (Lipinski definition) is 1. The van der Waals surface area contributed by atoms with Crippen molar-refractivity contribution in [2.75, 3.05) is 18.0 Å². The summed E-state index contributed by atoms with van der Waals surface area (Å²) in [5.74, 6) is 1.79. The van der Waals surface area contributed by atoms with Gasteiger partial charge in [-0.05, 0) is 55.9 Å². The Morgan fingerprint density at radius 2 is 1.71 bits per heavy atom. The highest BCUT2D eigenvalue weighted by atomic mass is 32.2. The molecule has 1 heterocycles. The molecule has 1 amide bonds. The number of rotatable bonds is 7. The molecule has 1 N–H and O–H groups in total. The summed E-state index contributed by atoms with van der Waals surface area (Å²) in [6, 6.07) is 19.0. The second-order valence-corrected chi connectivity index (χ2v) is 9.26. The molecule has 2 aromatic rings. The Labute approximate surface area is 173 Å². The van der Waals surface area contributed by atoms with Crippen molar-refractivity contribution in [1.29, 1.82) is 0 Å². The van der Waals surface area contributed by atoms with Gasteiger partial charge in [0.2, 0.25) is 5.91 Å². The third kappa shape index (κ3) is 5.78. The monoisotopic (exact) mass is 396 g/mol. The minimum absolute atomic E-state index is 0.0164. The second kappa shape index (κ2) is 10.0. The fourth-order valence-corrected chi connectivity index (χ4v) is 4.38. The highest BCUT2D eigenvalue weighted by Crippen LogP contribution is 2.25. The first kappa shape index (κ1) is 20.8. The van der Waals surface area contributed by atoms with E-state index in [0.717, 1.165) is 30.3 Å². The lowest BCUT2D eigenvalue weighted by Gasteiger charge is -2.32. The quantitative estimate of drug-likeness (QED) is 0.678. The molecular weight excluding hydrogens is 364 g/mol. The topological polar surface area (TPSA) is 32.3 Å². The van der Waals surface area contributed by atoms with Crippen LogP contribution in [0.5, 0.6) is 0 Å². The van der Waals surface area contributed by atoms with Crippen molar-refractivity contribution in [2.24, 2.45) is 5.92 Å². The van der Waals surface area contributed by atoms with Crippen LogP contribution in [0.25, 0.3) is 0 Å². The van der Waals surface area contributed by atoms with Crippen molar-refractivity contribution >= 4 is 23.4 Å². The van der Waals surface area contributed by atoms with Crippen LogP contribution in [0.1, 0.15) is 50.8 Å². The van der Waals surface area contributed by atoms with E-state index >= 15 is 0 Å². The van der Waals surface area contributed by atoms with Crippen molar-refractivity contribution in [3.8, 4) is 0 Å². The number of carbonyl (C=O) groups excluding carboxylic acids is 1. The lowest BCUT2D eigenvalue weighted by Crippen LogP contribution is -2.33. The SMILES string of the molecule is CC1CCN(c2ccc([C@@H](C)NC(=O)[C@H](C)SCc3ccccc3)cc2)CC1. The van der Waals surface area contributed by atoms with Gasteiger partial charge in [0.05, 0.1) is 11.3 Å². The number of anilines is 1. The molecule has 0 saturated carbocycles. The van der Waals surface area contributed by atoms with Gasteiger partial charge >= 0.3 is 0 Å². The summed E-state index contributed by atoms with van der Waals surface area (Å²) in [5, 5.41) is 3.09. The molecule has 0 bridgehead atoms. The molecule has 0 spiro atoms. The molecule has 1 aliphatic heterocycles. The maximum Gasteiger partial charge on any atom is 0.233 e. The lowest BCUT2D eigenvalue weighted by atomic mass is 9.98. The summed E-state index contributed by atoms with van der Waals surface area (Å²) in [6.07, 6.45) is 2.54. The van der Waals surface area contributed by atoms with Crippen molar-refractivity contribution < 1.29 is 4.79 Å². The molecule has 2 atom stereocenters. The average molecular weight is 397 g/mol. The normalized spacial score (nSPS) is 17.2. The summed E-state index contributed by atoms with van der Waals surface area (Å²) < 4.78 is 0. The standard InChI is InChI=1S/C24H32N2OS/c1-18-13-15-26(16-14-18)23-11-9-22(10-12-23)19(2)25-24(27)20(3)28-17-21-7-5-4-6-8-21/h4-12,18-20H,13-17H2,1-3H3,(H,25,27)/t19-,20+/m1/s1. The summed E-state index contributed by atoms with van der Waals surface area (Å²) in [6.45, 7) is 8.66. The smallest absolute Gasteiger partial charge is 0.233 e. The number of benzene rings is 2. The number of carbonyl (C=O) groups is 1. The fraction of sp³-hybridized carbons (Fsp3) is 0.458. The molecule has 1 saturated heterocycles. The van der Waals surface area contributed by atoms with Crippen LogP contribution >= 0.6 is 11.8 Å². The predicted molar refractivity (Wildman–Crippen MR) is 121 cm³/mol. The van der Waals surface area contributed by atoms with Crippen LogP contribution < -0.4 is 10.2 Å². The zero-order valence-corrected chi connectivity index (χ0v) is 18.0. The van der Waals surface area contributed by atoms with Gasteiger partial charge in [-0.2, -0.15) is 0 Å². The molecule has 1 aliphatic rings. The molecule has 150 valence electrons. The lowest BCUT2D eigenvalue weighted by molar-refractivity contribution is -0.120. The molecule has 3 rings (SSSR count). The Kier molecular flexibility index (Phi) is 7.43. The minimum atomic E-state index is -0.0720. The van der Waals surface area contributed by atoms with E-state index in [9.17, 15) is 4.79 Å². The second-order valence-electron chi connectivity index (χ2n) is 7.93. The summed E-state index contributed by atoms with van der Waals surface area (Å²) in [7, 11) is 0. The summed E-state index contributed by atoms with van der Waals surface area (Å²) in [5.41, 5.74) is 3.70. The molecule has 2 aromatic carbocycles. The molecule has 0 aliphatic carbocycles. The van der Waals surface area contributed by atoms with Crippen LogP contribution in [0.15, 0.2) is 54.6 Å². The Morgan fingerprint density at radius 3 is 2.36 bits per heavy atom. The van der Waals surface area contributed by atoms with Crippen LogP contribution in [-0.4, -0.2) is 24.2 Å². The van der Waals surface area contributed by atoms with Crippen LogP contribution in [0, 0.1) is 5.92 Å². The van der Waals surface area contributed by atoms with Gasteiger partial charge in [0.15, 0.2) is 0 Å². The average Bonchev–Trinajstić information content (AvgIpc) is 2.73. The molecule has 28 heavy (non-hydrogen) atoms. The first-order valence-electron chi connectivity index (χ1n) is 10.3. The van der Waals surface area contributed by atoms with E-state index in [1.54, 1.807) is 11.8 Å². The maximum absolute atomic E-state index is 12.6. The number of nitrogens with one attached hydrogen (secondary N) is 1. The van der Waals surface area contributed by atoms with Gasteiger partial charge in [0.1, 0.15) is 0 Å².